The predicted molar refractivity (Wildman–Crippen MR) is 64.0 cm³/mol. The van der Waals surface area contributed by atoms with Crippen LogP contribution in [0.5, 0.6) is 0 Å². The lowest BCUT2D eigenvalue weighted by Gasteiger charge is -2.22. The van der Waals surface area contributed by atoms with Gasteiger partial charge >= 0.3 is 0 Å². The van der Waals surface area contributed by atoms with E-state index in [4.69, 9.17) is 0 Å². The first-order valence-corrected chi connectivity index (χ1v) is 5.52. The van der Waals surface area contributed by atoms with Crippen molar-refractivity contribution >= 4 is 0 Å². The molecule has 1 aromatic rings. The van der Waals surface area contributed by atoms with Crippen LogP contribution in [0, 0.1) is 0 Å². The van der Waals surface area contributed by atoms with Crippen LogP contribution in [-0.2, 0) is 6.61 Å². The van der Waals surface area contributed by atoms with Crippen LogP contribution in [0.1, 0.15) is 23.5 Å². The van der Waals surface area contributed by atoms with Crippen molar-refractivity contribution in [2.45, 2.75) is 18.9 Å². The Morgan fingerprint density at radius 3 is 2.69 bits per heavy atom. The minimum absolute atomic E-state index is 0.0507. The van der Waals surface area contributed by atoms with E-state index in [1.54, 1.807) is 0 Å². The van der Waals surface area contributed by atoms with Crippen molar-refractivity contribution in [2.24, 2.45) is 0 Å². The Hall–Kier alpha value is -1.38. The average molecular weight is 216 g/mol. The SMILES string of the molecule is OCC1=CC=CCC1c1ccccc1CO. The van der Waals surface area contributed by atoms with Crippen LogP contribution in [-0.4, -0.2) is 16.8 Å². The molecule has 0 heterocycles. The molecule has 0 spiro atoms. The second-order valence-electron chi connectivity index (χ2n) is 3.97. The van der Waals surface area contributed by atoms with Crippen molar-refractivity contribution in [1.29, 1.82) is 0 Å². The maximum absolute atomic E-state index is 9.32. The van der Waals surface area contributed by atoms with Gasteiger partial charge in [0.1, 0.15) is 0 Å². The molecule has 1 aliphatic rings. The number of benzene rings is 1. The number of aliphatic hydroxyl groups excluding tert-OH is 2. The maximum Gasteiger partial charge on any atom is 0.0684 e. The lowest BCUT2D eigenvalue weighted by Crippen LogP contribution is -2.10. The Morgan fingerprint density at radius 1 is 1.12 bits per heavy atom. The molecular formula is C14H16O2. The van der Waals surface area contributed by atoms with Crippen molar-refractivity contribution in [1.82, 2.24) is 0 Å². The molecule has 0 amide bonds. The first-order chi connectivity index (χ1) is 7.86. The monoisotopic (exact) mass is 216 g/mol. The van der Waals surface area contributed by atoms with Crippen LogP contribution in [0.15, 0.2) is 48.1 Å². The zero-order valence-electron chi connectivity index (χ0n) is 9.13. The van der Waals surface area contributed by atoms with E-state index in [-0.39, 0.29) is 19.1 Å². The standard InChI is InChI=1S/C14H16O2/c15-9-11-5-1-3-7-13(11)14-8-4-2-6-12(14)10-16/h1-7,14-16H,8-10H2. The zero-order chi connectivity index (χ0) is 11.4. The van der Waals surface area contributed by atoms with Gasteiger partial charge in [-0.1, -0.05) is 42.5 Å². The summed E-state index contributed by atoms with van der Waals surface area (Å²) in [6.07, 6.45) is 6.92. The number of rotatable bonds is 3. The summed E-state index contributed by atoms with van der Waals surface area (Å²) in [5.41, 5.74) is 3.08. The molecule has 16 heavy (non-hydrogen) atoms. The molecule has 1 aromatic carbocycles. The van der Waals surface area contributed by atoms with Crippen molar-refractivity contribution in [3.63, 3.8) is 0 Å². The third kappa shape index (κ3) is 2.08. The van der Waals surface area contributed by atoms with E-state index in [9.17, 15) is 10.2 Å². The lowest BCUT2D eigenvalue weighted by atomic mass is 9.83. The quantitative estimate of drug-likeness (QED) is 0.812. The normalized spacial score (nSPS) is 19.6. The summed E-state index contributed by atoms with van der Waals surface area (Å²) in [7, 11) is 0. The van der Waals surface area contributed by atoms with E-state index in [2.05, 4.69) is 6.08 Å². The molecule has 0 aliphatic heterocycles. The van der Waals surface area contributed by atoms with Gasteiger partial charge in [-0.2, -0.15) is 0 Å². The van der Waals surface area contributed by atoms with Gasteiger partial charge in [-0.3, -0.25) is 0 Å². The zero-order valence-corrected chi connectivity index (χ0v) is 9.13. The second-order valence-corrected chi connectivity index (χ2v) is 3.97. The van der Waals surface area contributed by atoms with E-state index >= 15 is 0 Å². The molecule has 2 nitrogen and oxygen atoms in total. The summed E-state index contributed by atoms with van der Waals surface area (Å²) < 4.78 is 0. The maximum atomic E-state index is 9.32. The van der Waals surface area contributed by atoms with Crippen molar-refractivity contribution < 1.29 is 10.2 Å². The molecule has 1 aliphatic carbocycles. The van der Waals surface area contributed by atoms with Gasteiger partial charge in [0.05, 0.1) is 13.2 Å². The van der Waals surface area contributed by atoms with Crippen LogP contribution in [0.4, 0.5) is 0 Å². The van der Waals surface area contributed by atoms with Crippen LogP contribution in [0.25, 0.3) is 0 Å². The highest BCUT2D eigenvalue weighted by Crippen LogP contribution is 2.32. The van der Waals surface area contributed by atoms with Crippen molar-refractivity contribution in [3.05, 3.63) is 59.2 Å². The Labute approximate surface area is 95.6 Å². The summed E-state index contributed by atoms with van der Waals surface area (Å²) in [6, 6.07) is 7.86. The van der Waals surface area contributed by atoms with Gasteiger partial charge in [-0.15, -0.1) is 0 Å². The van der Waals surface area contributed by atoms with Gasteiger partial charge in [-0.25, -0.2) is 0 Å². The summed E-state index contributed by atoms with van der Waals surface area (Å²) >= 11 is 0. The molecular weight excluding hydrogens is 200 g/mol. The predicted octanol–water partition coefficient (Wildman–Crippen LogP) is 2.14. The van der Waals surface area contributed by atoms with E-state index in [1.807, 2.05) is 36.4 Å². The molecule has 0 saturated heterocycles. The molecule has 0 saturated carbocycles. The molecule has 2 N–H and O–H groups in total. The number of hydrogen-bond donors (Lipinski definition) is 2. The number of aliphatic hydroxyl groups is 2. The second kappa shape index (κ2) is 5.10. The molecule has 0 fully saturated rings. The highest BCUT2D eigenvalue weighted by molar-refractivity contribution is 5.39. The van der Waals surface area contributed by atoms with E-state index in [0.717, 1.165) is 23.1 Å². The topological polar surface area (TPSA) is 40.5 Å². The number of allylic oxidation sites excluding steroid dienone is 3. The average Bonchev–Trinajstić information content (AvgIpc) is 2.38. The van der Waals surface area contributed by atoms with E-state index in [1.165, 1.54) is 0 Å². The highest BCUT2D eigenvalue weighted by Gasteiger charge is 2.18. The Balaban J connectivity index is 2.36. The minimum atomic E-state index is 0.0507. The van der Waals surface area contributed by atoms with Gasteiger partial charge in [0, 0.05) is 5.92 Å². The Kier molecular flexibility index (Phi) is 3.54. The molecule has 0 bridgehead atoms. The van der Waals surface area contributed by atoms with Crippen LogP contribution >= 0.6 is 0 Å². The van der Waals surface area contributed by atoms with E-state index < -0.39 is 0 Å². The fraction of sp³-hybridized carbons (Fsp3) is 0.286. The Morgan fingerprint density at radius 2 is 1.94 bits per heavy atom. The van der Waals surface area contributed by atoms with Crippen molar-refractivity contribution in [3.8, 4) is 0 Å². The molecule has 84 valence electrons. The molecule has 0 radical (unpaired) electrons. The third-order valence-corrected chi connectivity index (χ3v) is 3.05. The first-order valence-electron chi connectivity index (χ1n) is 5.52. The van der Waals surface area contributed by atoms with Crippen LogP contribution in [0.3, 0.4) is 0 Å². The summed E-state index contributed by atoms with van der Waals surface area (Å²) in [4.78, 5) is 0. The Bertz CT molecular complexity index is 418. The van der Waals surface area contributed by atoms with Gasteiger partial charge in [0.2, 0.25) is 0 Å². The lowest BCUT2D eigenvalue weighted by molar-refractivity contribution is 0.279. The fourth-order valence-electron chi connectivity index (χ4n) is 2.18. The van der Waals surface area contributed by atoms with Crippen LogP contribution < -0.4 is 0 Å². The summed E-state index contributed by atoms with van der Waals surface area (Å²) in [5, 5.41) is 18.6. The largest absolute Gasteiger partial charge is 0.392 e. The van der Waals surface area contributed by atoms with Gasteiger partial charge < -0.3 is 10.2 Å². The fourth-order valence-corrected chi connectivity index (χ4v) is 2.18. The van der Waals surface area contributed by atoms with E-state index in [0.29, 0.717) is 0 Å². The summed E-state index contributed by atoms with van der Waals surface area (Å²) in [6.45, 7) is 0.129. The molecule has 0 aromatic heterocycles. The molecule has 2 rings (SSSR count). The summed E-state index contributed by atoms with van der Waals surface area (Å²) in [5.74, 6) is 0.207. The van der Waals surface area contributed by atoms with Gasteiger partial charge in [-0.05, 0) is 23.1 Å². The molecule has 1 unspecified atom stereocenters. The minimum Gasteiger partial charge on any atom is -0.392 e. The first kappa shape index (κ1) is 11.1. The van der Waals surface area contributed by atoms with Gasteiger partial charge in [0.15, 0.2) is 0 Å². The highest BCUT2D eigenvalue weighted by atomic mass is 16.3. The third-order valence-electron chi connectivity index (χ3n) is 3.05. The van der Waals surface area contributed by atoms with Gasteiger partial charge in [0.25, 0.3) is 0 Å². The van der Waals surface area contributed by atoms with Crippen LogP contribution in [0.2, 0.25) is 0 Å². The molecule has 2 heteroatoms. The smallest absolute Gasteiger partial charge is 0.0684 e. The van der Waals surface area contributed by atoms with Crippen molar-refractivity contribution in [2.75, 3.05) is 6.61 Å². The number of hydrogen-bond acceptors (Lipinski definition) is 2. The molecule has 1 atom stereocenters.